The van der Waals surface area contributed by atoms with Crippen molar-refractivity contribution in [3.8, 4) is 11.5 Å². The van der Waals surface area contributed by atoms with Gasteiger partial charge in [-0.05, 0) is 24.1 Å². The van der Waals surface area contributed by atoms with Gasteiger partial charge in [-0.2, -0.15) is 0 Å². The highest BCUT2D eigenvalue weighted by Crippen LogP contribution is 2.27. The lowest BCUT2D eigenvalue weighted by Gasteiger charge is -2.08. The Hall–Kier alpha value is -1.95. The summed E-state index contributed by atoms with van der Waals surface area (Å²) in [5.74, 6) is 6.74. The monoisotopic (exact) mass is 238 g/mol. The van der Waals surface area contributed by atoms with Crippen molar-refractivity contribution in [3.05, 3.63) is 23.8 Å². The maximum Gasteiger partial charge on any atom is 0.203 e. The molecule has 0 aliphatic carbocycles. The Morgan fingerprint density at radius 1 is 1.29 bits per heavy atom. The van der Waals surface area contributed by atoms with Gasteiger partial charge in [-0.3, -0.25) is 10.4 Å². The molecular weight excluding hydrogens is 220 g/mol. The first-order valence-electron chi connectivity index (χ1n) is 5.18. The number of methoxy groups -OCH3 is 2. The van der Waals surface area contributed by atoms with E-state index in [1.54, 1.807) is 14.2 Å². The highest BCUT2D eigenvalue weighted by atomic mass is 16.5. The van der Waals surface area contributed by atoms with Crippen LogP contribution >= 0.6 is 0 Å². The minimum Gasteiger partial charge on any atom is -0.493 e. The van der Waals surface area contributed by atoms with E-state index in [0.717, 1.165) is 12.0 Å². The van der Waals surface area contributed by atoms with E-state index in [9.17, 15) is 0 Å². The molecule has 0 bridgehead atoms. The number of hydrazine groups is 1. The van der Waals surface area contributed by atoms with Gasteiger partial charge in [0.15, 0.2) is 11.5 Å². The summed E-state index contributed by atoms with van der Waals surface area (Å²) >= 11 is 0. The van der Waals surface area contributed by atoms with Crippen LogP contribution in [0.1, 0.15) is 5.56 Å². The van der Waals surface area contributed by atoms with Crippen molar-refractivity contribution in [1.82, 2.24) is 5.43 Å². The van der Waals surface area contributed by atoms with Gasteiger partial charge < -0.3 is 15.2 Å². The van der Waals surface area contributed by atoms with Gasteiger partial charge in [0.1, 0.15) is 0 Å². The molecule has 0 aromatic heterocycles. The Morgan fingerprint density at radius 3 is 2.59 bits per heavy atom. The van der Waals surface area contributed by atoms with E-state index in [1.165, 1.54) is 0 Å². The third kappa shape index (κ3) is 3.84. The lowest BCUT2D eigenvalue weighted by molar-refractivity contribution is 0.354. The lowest BCUT2D eigenvalue weighted by Crippen LogP contribution is -2.37. The van der Waals surface area contributed by atoms with Gasteiger partial charge >= 0.3 is 0 Å². The topological polar surface area (TPSA) is 94.9 Å². The van der Waals surface area contributed by atoms with Crippen LogP contribution in [-0.2, 0) is 6.42 Å². The number of benzene rings is 1. The summed E-state index contributed by atoms with van der Waals surface area (Å²) in [7, 11) is 3.21. The van der Waals surface area contributed by atoms with Gasteiger partial charge in [0.2, 0.25) is 5.96 Å². The zero-order valence-corrected chi connectivity index (χ0v) is 10.1. The molecule has 0 saturated heterocycles. The first kappa shape index (κ1) is 13.1. The van der Waals surface area contributed by atoms with Crippen molar-refractivity contribution >= 4 is 5.96 Å². The smallest absolute Gasteiger partial charge is 0.203 e. The summed E-state index contributed by atoms with van der Waals surface area (Å²) in [5.41, 5.74) is 8.78. The van der Waals surface area contributed by atoms with E-state index < -0.39 is 0 Å². The van der Waals surface area contributed by atoms with Crippen molar-refractivity contribution < 1.29 is 9.47 Å². The van der Waals surface area contributed by atoms with Crippen LogP contribution in [0.2, 0.25) is 0 Å². The van der Waals surface area contributed by atoms with E-state index in [0.29, 0.717) is 18.0 Å². The van der Waals surface area contributed by atoms with Gasteiger partial charge in [-0.15, -0.1) is 0 Å². The van der Waals surface area contributed by atoms with Crippen LogP contribution in [0, 0.1) is 0 Å². The Kier molecular flexibility index (Phi) is 5.09. The predicted octanol–water partition coefficient (Wildman–Crippen LogP) is 0.0243. The molecule has 0 aliphatic rings. The van der Waals surface area contributed by atoms with Crippen LogP contribution in [0.4, 0.5) is 0 Å². The molecule has 5 N–H and O–H groups in total. The molecule has 1 aromatic rings. The van der Waals surface area contributed by atoms with E-state index in [2.05, 4.69) is 10.4 Å². The Balaban J connectivity index is 2.66. The van der Waals surface area contributed by atoms with Crippen LogP contribution in [-0.4, -0.2) is 26.7 Å². The summed E-state index contributed by atoms with van der Waals surface area (Å²) in [5, 5.41) is 0. The number of hydrogen-bond acceptors (Lipinski definition) is 4. The molecule has 0 fully saturated rings. The average molecular weight is 238 g/mol. The van der Waals surface area contributed by atoms with Crippen LogP contribution in [0.15, 0.2) is 23.2 Å². The van der Waals surface area contributed by atoms with E-state index in [1.807, 2.05) is 18.2 Å². The molecule has 1 aromatic carbocycles. The molecule has 0 radical (unpaired) electrons. The molecule has 0 saturated carbocycles. The van der Waals surface area contributed by atoms with Crippen molar-refractivity contribution in [1.29, 1.82) is 0 Å². The number of rotatable bonds is 5. The number of nitrogens with one attached hydrogen (secondary N) is 1. The lowest BCUT2D eigenvalue weighted by atomic mass is 10.1. The molecule has 1 rings (SSSR count). The molecule has 0 heterocycles. The van der Waals surface area contributed by atoms with Gasteiger partial charge in [0.25, 0.3) is 0 Å². The minimum absolute atomic E-state index is 0.227. The zero-order valence-electron chi connectivity index (χ0n) is 10.1. The van der Waals surface area contributed by atoms with Crippen molar-refractivity contribution in [2.24, 2.45) is 16.6 Å². The summed E-state index contributed by atoms with van der Waals surface area (Å²) in [6.07, 6.45) is 0.753. The van der Waals surface area contributed by atoms with Crippen molar-refractivity contribution in [2.75, 3.05) is 20.8 Å². The largest absolute Gasteiger partial charge is 0.493 e. The zero-order chi connectivity index (χ0) is 12.7. The van der Waals surface area contributed by atoms with Crippen LogP contribution in [0.3, 0.4) is 0 Å². The summed E-state index contributed by atoms with van der Waals surface area (Å²) in [6, 6.07) is 5.74. The van der Waals surface area contributed by atoms with Crippen LogP contribution in [0.5, 0.6) is 11.5 Å². The number of guanidine groups is 1. The van der Waals surface area contributed by atoms with Crippen LogP contribution < -0.4 is 26.5 Å². The molecule has 0 amide bonds. The summed E-state index contributed by atoms with van der Waals surface area (Å²) < 4.78 is 10.4. The first-order valence-corrected chi connectivity index (χ1v) is 5.18. The second-order valence-corrected chi connectivity index (χ2v) is 3.35. The van der Waals surface area contributed by atoms with Crippen molar-refractivity contribution in [2.45, 2.75) is 6.42 Å². The standard InChI is InChI=1S/C11H18N4O2/c1-16-9-4-3-8(7-10(9)17-2)5-6-14-11(12)15-13/h3-4,7H,5-6,13H2,1-2H3,(H3,12,14,15). The highest BCUT2D eigenvalue weighted by Gasteiger charge is 2.03. The molecule has 0 atom stereocenters. The number of hydrogen-bond donors (Lipinski definition) is 3. The number of ether oxygens (including phenoxy) is 2. The van der Waals surface area contributed by atoms with Crippen LogP contribution in [0.25, 0.3) is 0 Å². The van der Waals surface area contributed by atoms with E-state index in [-0.39, 0.29) is 5.96 Å². The fourth-order valence-electron chi connectivity index (χ4n) is 1.39. The summed E-state index contributed by atoms with van der Waals surface area (Å²) in [6.45, 7) is 0.561. The maximum atomic E-state index is 5.41. The SMILES string of the molecule is COc1ccc(CCN=C(N)NN)cc1OC. The highest BCUT2D eigenvalue weighted by molar-refractivity contribution is 5.77. The van der Waals surface area contributed by atoms with E-state index >= 15 is 0 Å². The first-order chi connectivity index (χ1) is 8.21. The average Bonchev–Trinajstić information content (AvgIpc) is 2.38. The van der Waals surface area contributed by atoms with Gasteiger partial charge in [-0.25, -0.2) is 5.84 Å². The second-order valence-electron chi connectivity index (χ2n) is 3.35. The predicted molar refractivity (Wildman–Crippen MR) is 67.1 cm³/mol. The third-order valence-corrected chi connectivity index (χ3v) is 2.28. The van der Waals surface area contributed by atoms with Gasteiger partial charge in [-0.1, -0.05) is 6.07 Å². The maximum absolute atomic E-state index is 5.41. The Bertz CT molecular complexity index is 393. The summed E-state index contributed by atoms with van der Waals surface area (Å²) in [4.78, 5) is 4.02. The molecule has 6 heteroatoms. The molecule has 0 spiro atoms. The Morgan fingerprint density at radius 2 is 2.00 bits per heavy atom. The minimum atomic E-state index is 0.227. The quantitative estimate of drug-likeness (QED) is 0.291. The number of aliphatic imine (C=N–C) groups is 1. The molecule has 94 valence electrons. The molecule has 17 heavy (non-hydrogen) atoms. The fourth-order valence-corrected chi connectivity index (χ4v) is 1.39. The van der Waals surface area contributed by atoms with Gasteiger partial charge in [0.05, 0.1) is 14.2 Å². The normalized spacial score (nSPS) is 11.1. The van der Waals surface area contributed by atoms with Gasteiger partial charge in [0, 0.05) is 6.54 Å². The number of nitrogens with two attached hydrogens (primary N) is 2. The Labute approximate surface area is 101 Å². The van der Waals surface area contributed by atoms with Crippen molar-refractivity contribution in [3.63, 3.8) is 0 Å². The number of nitrogens with zero attached hydrogens (tertiary/aromatic N) is 1. The molecular formula is C11H18N4O2. The molecule has 0 aliphatic heterocycles. The molecule has 6 nitrogen and oxygen atoms in total. The van der Waals surface area contributed by atoms with E-state index in [4.69, 9.17) is 21.1 Å². The third-order valence-electron chi connectivity index (χ3n) is 2.28. The second kappa shape index (κ2) is 6.59. The molecule has 0 unspecified atom stereocenters. The fraction of sp³-hybridized carbons (Fsp3) is 0.364.